The lowest BCUT2D eigenvalue weighted by atomic mass is 10.1. The van der Waals surface area contributed by atoms with Crippen LogP contribution in [0.15, 0.2) is 28.3 Å². The number of rotatable bonds is 3. The molecule has 0 aliphatic carbocycles. The van der Waals surface area contributed by atoms with Crippen LogP contribution in [0.3, 0.4) is 0 Å². The summed E-state index contributed by atoms with van der Waals surface area (Å²) in [5.41, 5.74) is -0.138. The van der Waals surface area contributed by atoms with E-state index in [2.05, 4.69) is 10.3 Å². The lowest BCUT2D eigenvalue weighted by Crippen LogP contribution is -2.49. The molecular formula is C8H6N4O5S. The maximum atomic E-state index is 11.2. The Kier molecular flexibility index (Phi) is 2.71. The molecule has 0 amide bonds. The van der Waals surface area contributed by atoms with Gasteiger partial charge in [-0.2, -0.15) is 10.3 Å². The molecule has 0 saturated carbocycles. The SMILES string of the molecule is O=[N+]([O-])C1=CC=NC(c2ccsc2O)([N+](=O)[O-])N1. The quantitative estimate of drug-likeness (QED) is 0.611. The first-order valence-electron chi connectivity index (χ1n) is 4.57. The molecule has 2 N–H and O–H groups in total. The summed E-state index contributed by atoms with van der Waals surface area (Å²) in [4.78, 5) is 23.8. The molecule has 0 saturated heterocycles. The number of nitrogens with zero attached hydrogens (tertiary/aromatic N) is 3. The summed E-state index contributed by atoms with van der Waals surface area (Å²) in [7, 11) is 0. The van der Waals surface area contributed by atoms with E-state index in [1.165, 1.54) is 11.4 Å². The highest BCUT2D eigenvalue weighted by atomic mass is 32.1. The van der Waals surface area contributed by atoms with Gasteiger partial charge in [-0.25, -0.2) is 0 Å². The van der Waals surface area contributed by atoms with Crippen molar-refractivity contribution in [3.8, 4) is 5.06 Å². The fourth-order valence-corrected chi connectivity index (χ4v) is 2.14. The molecule has 0 radical (unpaired) electrons. The van der Waals surface area contributed by atoms with E-state index in [1.807, 2.05) is 0 Å². The van der Waals surface area contributed by atoms with Crippen LogP contribution < -0.4 is 5.32 Å². The third-order valence-corrected chi connectivity index (χ3v) is 2.99. The van der Waals surface area contributed by atoms with Crippen molar-refractivity contribution in [2.45, 2.75) is 5.79 Å². The zero-order valence-corrected chi connectivity index (χ0v) is 9.46. The van der Waals surface area contributed by atoms with Gasteiger partial charge in [0.1, 0.15) is 4.92 Å². The Hall–Kier alpha value is -2.49. The van der Waals surface area contributed by atoms with E-state index in [4.69, 9.17) is 0 Å². The number of allylic oxidation sites excluding steroid dienone is 1. The van der Waals surface area contributed by atoms with E-state index in [9.17, 15) is 25.3 Å². The molecule has 1 aliphatic heterocycles. The number of hydrogen-bond donors (Lipinski definition) is 2. The van der Waals surface area contributed by atoms with Gasteiger partial charge < -0.3 is 15.2 Å². The fraction of sp³-hybridized carbons (Fsp3) is 0.125. The van der Waals surface area contributed by atoms with Gasteiger partial charge in [-0.3, -0.25) is 10.1 Å². The summed E-state index contributed by atoms with van der Waals surface area (Å²) in [6.45, 7) is 0. The molecule has 0 spiro atoms. The van der Waals surface area contributed by atoms with E-state index >= 15 is 0 Å². The third kappa shape index (κ3) is 1.68. The van der Waals surface area contributed by atoms with Crippen LogP contribution in [0.2, 0.25) is 0 Å². The van der Waals surface area contributed by atoms with E-state index in [0.717, 1.165) is 23.6 Å². The Morgan fingerprint density at radius 2 is 2.17 bits per heavy atom. The molecule has 10 heteroatoms. The number of thiophene rings is 1. The summed E-state index contributed by atoms with van der Waals surface area (Å²) >= 11 is 0.872. The number of hydrogen-bond acceptors (Lipinski definition) is 8. The highest BCUT2D eigenvalue weighted by Crippen LogP contribution is 2.36. The Labute approximate surface area is 103 Å². The Morgan fingerprint density at radius 1 is 1.44 bits per heavy atom. The minimum absolute atomic E-state index is 0.138. The minimum atomic E-state index is -2.26. The van der Waals surface area contributed by atoms with E-state index in [1.54, 1.807) is 0 Å². The normalized spacial score (nSPS) is 22.1. The largest absolute Gasteiger partial charge is 0.499 e. The second kappa shape index (κ2) is 4.07. The predicted octanol–water partition coefficient (Wildman–Crippen LogP) is 0.633. The molecule has 1 aromatic rings. The molecule has 2 rings (SSSR count). The lowest BCUT2D eigenvalue weighted by molar-refractivity contribution is -0.592. The molecule has 1 unspecified atom stereocenters. The van der Waals surface area contributed by atoms with Crippen molar-refractivity contribution in [2.75, 3.05) is 0 Å². The van der Waals surface area contributed by atoms with Crippen LogP contribution in [0.25, 0.3) is 0 Å². The first-order chi connectivity index (χ1) is 8.47. The molecule has 1 aromatic heterocycles. The summed E-state index contributed by atoms with van der Waals surface area (Å²) in [6.07, 6.45) is 1.97. The Bertz CT molecular complexity index is 580. The summed E-state index contributed by atoms with van der Waals surface area (Å²) in [5, 5.41) is 34.6. The van der Waals surface area contributed by atoms with Crippen LogP contribution in [0.1, 0.15) is 5.56 Å². The van der Waals surface area contributed by atoms with Gasteiger partial charge in [-0.15, -0.1) is 11.3 Å². The molecule has 0 bridgehead atoms. The molecule has 0 aromatic carbocycles. The zero-order chi connectivity index (χ0) is 13.3. The topological polar surface area (TPSA) is 131 Å². The van der Waals surface area contributed by atoms with Gasteiger partial charge in [0.15, 0.2) is 10.6 Å². The first kappa shape index (κ1) is 12.0. The number of nitro groups is 2. The number of aromatic hydroxyl groups is 1. The van der Waals surface area contributed by atoms with Crippen molar-refractivity contribution in [1.82, 2.24) is 5.32 Å². The summed E-state index contributed by atoms with van der Waals surface area (Å²) in [6, 6.07) is 1.29. The molecule has 2 heterocycles. The van der Waals surface area contributed by atoms with E-state index in [0.29, 0.717) is 0 Å². The van der Waals surface area contributed by atoms with E-state index < -0.39 is 21.5 Å². The smallest absolute Gasteiger partial charge is 0.486 e. The molecular weight excluding hydrogens is 264 g/mol. The van der Waals surface area contributed by atoms with Crippen molar-refractivity contribution in [3.63, 3.8) is 0 Å². The number of nitrogens with one attached hydrogen (secondary N) is 1. The molecule has 18 heavy (non-hydrogen) atoms. The van der Waals surface area contributed by atoms with E-state index in [-0.39, 0.29) is 10.6 Å². The van der Waals surface area contributed by atoms with Crippen molar-refractivity contribution < 1.29 is 15.0 Å². The monoisotopic (exact) mass is 270 g/mol. The Morgan fingerprint density at radius 3 is 2.67 bits per heavy atom. The van der Waals surface area contributed by atoms with Crippen LogP contribution in [-0.2, 0) is 5.79 Å². The Balaban J connectivity index is 2.53. The van der Waals surface area contributed by atoms with Crippen LogP contribution >= 0.6 is 11.3 Å². The van der Waals surface area contributed by atoms with Crippen LogP contribution in [-0.4, -0.2) is 21.2 Å². The summed E-state index contributed by atoms with van der Waals surface area (Å²) in [5.74, 6) is -2.83. The van der Waals surface area contributed by atoms with Crippen molar-refractivity contribution in [1.29, 1.82) is 0 Å². The van der Waals surface area contributed by atoms with Gasteiger partial charge in [-0.1, -0.05) is 0 Å². The molecule has 1 aliphatic rings. The van der Waals surface area contributed by atoms with Gasteiger partial charge in [0.05, 0.1) is 0 Å². The molecule has 9 nitrogen and oxygen atoms in total. The zero-order valence-electron chi connectivity index (χ0n) is 8.64. The van der Waals surface area contributed by atoms with Gasteiger partial charge in [0.2, 0.25) is 0 Å². The summed E-state index contributed by atoms with van der Waals surface area (Å²) < 4.78 is 0. The van der Waals surface area contributed by atoms with Crippen molar-refractivity contribution >= 4 is 17.6 Å². The second-order valence-corrected chi connectivity index (χ2v) is 4.18. The van der Waals surface area contributed by atoms with Crippen LogP contribution in [0.4, 0.5) is 0 Å². The minimum Gasteiger partial charge on any atom is -0.499 e. The first-order valence-corrected chi connectivity index (χ1v) is 5.45. The molecule has 0 fully saturated rings. The van der Waals surface area contributed by atoms with Crippen molar-refractivity contribution in [3.05, 3.63) is 49.1 Å². The number of aliphatic imine (C=N–C) groups is 1. The van der Waals surface area contributed by atoms with Crippen LogP contribution in [0.5, 0.6) is 5.06 Å². The average Bonchev–Trinajstić information content (AvgIpc) is 2.75. The maximum Gasteiger partial charge on any atom is 0.486 e. The highest BCUT2D eigenvalue weighted by molar-refractivity contribution is 7.11. The van der Waals surface area contributed by atoms with Crippen molar-refractivity contribution in [2.24, 2.45) is 4.99 Å². The standard InChI is InChI=1S/C8H6N4O5S/c13-7-5(2-4-18-7)8(12(16)17)9-3-1-6(10-8)11(14)15/h1-4,10,13H. The highest BCUT2D eigenvalue weighted by Gasteiger charge is 2.54. The third-order valence-electron chi connectivity index (χ3n) is 2.28. The predicted molar refractivity (Wildman–Crippen MR) is 61.4 cm³/mol. The fourth-order valence-electron chi connectivity index (χ4n) is 1.47. The molecule has 1 atom stereocenters. The average molecular weight is 270 g/mol. The van der Waals surface area contributed by atoms with Gasteiger partial charge in [0.25, 0.3) is 0 Å². The second-order valence-electron chi connectivity index (χ2n) is 3.28. The lowest BCUT2D eigenvalue weighted by Gasteiger charge is -2.19. The van der Waals surface area contributed by atoms with Gasteiger partial charge in [0, 0.05) is 12.3 Å². The molecule has 94 valence electrons. The van der Waals surface area contributed by atoms with Crippen LogP contribution in [0, 0.1) is 20.2 Å². The maximum absolute atomic E-state index is 11.2. The van der Waals surface area contributed by atoms with Gasteiger partial charge >= 0.3 is 11.6 Å². The van der Waals surface area contributed by atoms with Gasteiger partial charge in [-0.05, 0) is 16.4 Å².